The molecule has 0 aliphatic rings. The van der Waals surface area contributed by atoms with Crippen LogP contribution in [0.15, 0.2) is 4.99 Å². The van der Waals surface area contributed by atoms with Gasteiger partial charge in [0, 0.05) is 24.4 Å². The van der Waals surface area contributed by atoms with Crippen LogP contribution in [-0.4, -0.2) is 18.5 Å². The molecule has 0 aromatic heterocycles. The predicted molar refractivity (Wildman–Crippen MR) is 46.2 cm³/mol. The van der Waals surface area contributed by atoms with Crippen LogP contribution in [0.5, 0.6) is 0 Å². The quantitative estimate of drug-likeness (QED) is 0.583. The van der Waals surface area contributed by atoms with Crippen molar-refractivity contribution < 1.29 is 0 Å². The fourth-order valence-electron chi connectivity index (χ4n) is 0.752. The van der Waals surface area contributed by atoms with E-state index in [1.54, 1.807) is 7.05 Å². The highest BCUT2D eigenvalue weighted by Gasteiger charge is 2.08. The number of hydrogen-bond acceptors (Lipinski definition) is 2. The van der Waals surface area contributed by atoms with Crippen LogP contribution in [0.25, 0.3) is 0 Å². The summed E-state index contributed by atoms with van der Waals surface area (Å²) >= 11 is 0. The van der Waals surface area contributed by atoms with Gasteiger partial charge >= 0.3 is 0 Å². The Morgan fingerprint density at radius 3 is 2.40 bits per heavy atom. The molecule has 58 valence electrons. The van der Waals surface area contributed by atoms with E-state index < -0.39 is 0 Å². The molecule has 2 heteroatoms. The molecule has 10 heavy (non-hydrogen) atoms. The second-order valence-electron chi connectivity index (χ2n) is 2.47. The minimum absolute atomic E-state index is 0.231. The highest BCUT2D eigenvalue weighted by Crippen LogP contribution is 2.02. The van der Waals surface area contributed by atoms with E-state index in [0.717, 1.165) is 17.8 Å². The molecule has 1 atom stereocenters. The molecular formula is C8H16N2. The molecule has 1 N–H and O–H groups in total. The summed E-state index contributed by atoms with van der Waals surface area (Å²) in [5.74, 6) is 0.231. The summed E-state index contributed by atoms with van der Waals surface area (Å²) in [6.45, 7) is 5.99. The van der Waals surface area contributed by atoms with E-state index in [4.69, 9.17) is 5.41 Å². The molecule has 2 nitrogen and oxygen atoms in total. The van der Waals surface area contributed by atoms with Crippen molar-refractivity contribution in [2.24, 2.45) is 10.9 Å². The molecule has 0 rings (SSSR count). The van der Waals surface area contributed by atoms with Crippen LogP contribution in [0.2, 0.25) is 0 Å². The van der Waals surface area contributed by atoms with E-state index in [0.29, 0.717) is 0 Å². The summed E-state index contributed by atoms with van der Waals surface area (Å²) in [4.78, 5) is 4.03. The Morgan fingerprint density at radius 1 is 1.60 bits per heavy atom. The summed E-state index contributed by atoms with van der Waals surface area (Å²) in [5.41, 5.74) is 1.81. The molecule has 1 unspecified atom stereocenters. The summed E-state index contributed by atoms with van der Waals surface area (Å²) < 4.78 is 0. The van der Waals surface area contributed by atoms with Crippen molar-refractivity contribution in [2.75, 3.05) is 7.05 Å². The van der Waals surface area contributed by atoms with Crippen LogP contribution in [0.4, 0.5) is 0 Å². The van der Waals surface area contributed by atoms with Gasteiger partial charge in [-0.25, -0.2) is 0 Å². The van der Waals surface area contributed by atoms with Crippen molar-refractivity contribution in [3.63, 3.8) is 0 Å². The second kappa shape index (κ2) is 4.20. The molecule has 0 aromatic carbocycles. The maximum absolute atomic E-state index is 7.50. The number of nitrogens with zero attached hydrogens (tertiary/aromatic N) is 1. The lowest BCUT2D eigenvalue weighted by atomic mass is 9.99. The van der Waals surface area contributed by atoms with E-state index >= 15 is 0 Å². The zero-order chi connectivity index (χ0) is 8.15. The fraction of sp³-hybridized carbons (Fsp3) is 0.750. The average Bonchev–Trinajstić information content (AvgIpc) is 2.00. The van der Waals surface area contributed by atoms with Crippen molar-refractivity contribution in [1.82, 2.24) is 0 Å². The number of rotatable bonds is 3. The smallest absolute Gasteiger partial charge is 0.0314 e. The third-order valence-electron chi connectivity index (χ3n) is 1.88. The summed E-state index contributed by atoms with van der Waals surface area (Å²) in [6, 6.07) is 0. The Labute approximate surface area is 62.9 Å². The molecule has 0 amide bonds. The second-order valence-corrected chi connectivity index (χ2v) is 2.47. The highest BCUT2D eigenvalue weighted by atomic mass is 14.7. The van der Waals surface area contributed by atoms with Crippen LogP contribution in [0.3, 0.4) is 0 Å². The van der Waals surface area contributed by atoms with Crippen molar-refractivity contribution in [3.8, 4) is 0 Å². The summed E-state index contributed by atoms with van der Waals surface area (Å²) in [6.07, 6.45) is 0.827. The number of hydrogen-bond donors (Lipinski definition) is 1. The molecule has 0 bridgehead atoms. The number of nitrogens with one attached hydrogen (secondary N) is 1. The van der Waals surface area contributed by atoms with E-state index in [1.165, 1.54) is 0 Å². The molecule has 0 aromatic rings. The van der Waals surface area contributed by atoms with Gasteiger partial charge in [0.15, 0.2) is 0 Å². The van der Waals surface area contributed by atoms with Crippen LogP contribution < -0.4 is 0 Å². The Kier molecular flexibility index (Phi) is 3.93. The van der Waals surface area contributed by atoms with Gasteiger partial charge in [0.05, 0.1) is 0 Å². The monoisotopic (exact) mass is 140 g/mol. The lowest BCUT2D eigenvalue weighted by molar-refractivity contribution is 0.977. The predicted octanol–water partition coefficient (Wildman–Crippen LogP) is 2.14. The molecule has 0 saturated carbocycles. The third kappa shape index (κ3) is 2.29. The van der Waals surface area contributed by atoms with Gasteiger partial charge in [-0.05, 0) is 13.3 Å². The lowest BCUT2D eigenvalue weighted by Crippen LogP contribution is -2.16. The topological polar surface area (TPSA) is 36.2 Å². The van der Waals surface area contributed by atoms with Gasteiger partial charge in [0.2, 0.25) is 0 Å². The zero-order valence-corrected chi connectivity index (χ0v) is 7.23. The van der Waals surface area contributed by atoms with Crippen LogP contribution in [0.1, 0.15) is 27.2 Å². The first-order valence-corrected chi connectivity index (χ1v) is 3.64. The van der Waals surface area contributed by atoms with Gasteiger partial charge < -0.3 is 5.41 Å². The van der Waals surface area contributed by atoms with Crippen molar-refractivity contribution in [1.29, 1.82) is 5.41 Å². The van der Waals surface area contributed by atoms with Gasteiger partial charge in [-0.1, -0.05) is 13.8 Å². The first kappa shape index (κ1) is 9.34. The largest absolute Gasteiger partial charge is 0.309 e. The van der Waals surface area contributed by atoms with Gasteiger partial charge in [0.25, 0.3) is 0 Å². The van der Waals surface area contributed by atoms with Gasteiger partial charge in [-0.2, -0.15) is 0 Å². The lowest BCUT2D eigenvalue weighted by Gasteiger charge is -2.09. The molecule has 0 saturated heterocycles. The summed E-state index contributed by atoms with van der Waals surface area (Å²) in [7, 11) is 1.77. The average molecular weight is 140 g/mol. The molecule has 0 fully saturated rings. The van der Waals surface area contributed by atoms with E-state index in [1.807, 2.05) is 20.8 Å². The van der Waals surface area contributed by atoms with Gasteiger partial charge in [0.1, 0.15) is 0 Å². The molecular weight excluding hydrogens is 124 g/mol. The van der Waals surface area contributed by atoms with Gasteiger partial charge in [-0.15, -0.1) is 0 Å². The fourth-order valence-corrected chi connectivity index (χ4v) is 0.752. The van der Waals surface area contributed by atoms with E-state index in [2.05, 4.69) is 4.99 Å². The van der Waals surface area contributed by atoms with Crippen LogP contribution >= 0.6 is 0 Å². The van der Waals surface area contributed by atoms with Gasteiger partial charge in [-0.3, -0.25) is 4.99 Å². The highest BCUT2D eigenvalue weighted by molar-refractivity contribution is 6.04. The van der Waals surface area contributed by atoms with Crippen LogP contribution in [-0.2, 0) is 0 Å². The summed E-state index contributed by atoms with van der Waals surface area (Å²) in [5, 5.41) is 7.50. The number of aliphatic imine (C=N–C) groups is 1. The zero-order valence-electron chi connectivity index (χ0n) is 7.23. The van der Waals surface area contributed by atoms with Crippen molar-refractivity contribution >= 4 is 11.4 Å². The normalized spacial score (nSPS) is 15.0. The maximum atomic E-state index is 7.50. The molecule has 0 aliphatic heterocycles. The Hall–Kier alpha value is -0.660. The third-order valence-corrected chi connectivity index (χ3v) is 1.88. The Bertz CT molecular complexity index is 147. The molecule has 0 heterocycles. The minimum Gasteiger partial charge on any atom is -0.309 e. The molecule has 0 spiro atoms. The van der Waals surface area contributed by atoms with E-state index in [9.17, 15) is 0 Å². The maximum Gasteiger partial charge on any atom is 0.0314 e. The first-order valence-electron chi connectivity index (χ1n) is 3.64. The minimum atomic E-state index is 0.231. The Morgan fingerprint density at radius 2 is 2.10 bits per heavy atom. The van der Waals surface area contributed by atoms with Crippen molar-refractivity contribution in [2.45, 2.75) is 27.2 Å². The molecule has 0 aliphatic carbocycles. The Balaban J connectivity index is 4.08. The van der Waals surface area contributed by atoms with Crippen LogP contribution in [0, 0.1) is 11.3 Å². The molecule has 0 radical (unpaired) electrons. The SMILES string of the molecule is CCC(=N)C(C)C(C)=NC. The first-order chi connectivity index (χ1) is 4.63. The van der Waals surface area contributed by atoms with Crippen molar-refractivity contribution in [3.05, 3.63) is 0 Å². The standard InChI is InChI=1S/C8H16N2/c1-5-8(9)6(2)7(3)10-4/h6,9H,5H2,1-4H3. The van der Waals surface area contributed by atoms with E-state index in [-0.39, 0.29) is 5.92 Å².